The maximum atomic E-state index is 5.95. The van der Waals surface area contributed by atoms with Crippen LogP contribution in [0.15, 0.2) is 30.6 Å². The van der Waals surface area contributed by atoms with Crippen LogP contribution < -0.4 is 10.5 Å². The summed E-state index contributed by atoms with van der Waals surface area (Å²) in [4.78, 5) is 0. The first-order valence-corrected chi connectivity index (χ1v) is 6.84. The lowest BCUT2D eigenvalue weighted by Gasteiger charge is -2.22. The van der Waals surface area contributed by atoms with E-state index in [0.29, 0.717) is 17.5 Å². The van der Waals surface area contributed by atoms with Gasteiger partial charge in [0.05, 0.1) is 25.0 Å². The third-order valence-electron chi connectivity index (χ3n) is 3.73. The first-order valence-electron chi connectivity index (χ1n) is 6.84. The van der Waals surface area contributed by atoms with Crippen molar-refractivity contribution >= 4 is 5.69 Å². The number of nitrogens with two attached hydrogens (primary N) is 1. The number of rotatable bonds is 3. The molecule has 0 spiro atoms. The van der Waals surface area contributed by atoms with Gasteiger partial charge in [0.1, 0.15) is 5.75 Å². The van der Waals surface area contributed by atoms with Crippen LogP contribution >= 0.6 is 0 Å². The molecule has 106 valence electrons. The van der Waals surface area contributed by atoms with Crippen LogP contribution in [-0.4, -0.2) is 30.1 Å². The number of benzene rings is 1. The number of ether oxygens (including phenoxy) is 2. The van der Waals surface area contributed by atoms with Gasteiger partial charge in [0.25, 0.3) is 0 Å². The Hall–Kier alpha value is -2.01. The number of hydrogen-bond acceptors (Lipinski definition) is 4. The lowest BCUT2D eigenvalue weighted by Crippen LogP contribution is -2.19. The smallest absolute Gasteiger partial charge is 0.149 e. The zero-order valence-corrected chi connectivity index (χ0v) is 11.6. The number of nitrogens with zero attached hydrogens (tertiary/aromatic N) is 2. The number of anilines is 1. The van der Waals surface area contributed by atoms with E-state index in [9.17, 15) is 0 Å². The molecule has 2 aromatic rings. The van der Waals surface area contributed by atoms with E-state index in [0.717, 1.165) is 37.2 Å². The predicted molar refractivity (Wildman–Crippen MR) is 77.7 cm³/mol. The van der Waals surface area contributed by atoms with Gasteiger partial charge in [-0.3, -0.25) is 4.68 Å². The molecule has 3 rings (SSSR count). The molecular formula is C15H19N3O2. The zero-order valence-electron chi connectivity index (χ0n) is 11.6. The largest absolute Gasteiger partial charge is 0.494 e. The van der Waals surface area contributed by atoms with Gasteiger partial charge in [0, 0.05) is 30.5 Å². The van der Waals surface area contributed by atoms with Gasteiger partial charge in [-0.2, -0.15) is 5.10 Å². The van der Waals surface area contributed by atoms with Crippen molar-refractivity contribution in [3.05, 3.63) is 30.6 Å². The maximum absolute atomic E-state index is 5.95. The molecular weight excluding hydrogens is 254 g/mol. The summed E-state index contributed by atoms with van der Waals surface area (Å²) in [5.74, 6) is 0.707. The molecule has 1 aromatic heterocycles. The van der Waals surface area contributed by atoms with Gasteiger partial charge in [-0.05, 0) is 18.9 Å². The maximum Gasteiger partial charge on any atom is 0.149 e. The second-order valence-corrected chi connectivity index (χ2v) is 4.98. The molecule has 1 aliphatic heterocycles. The minimum absolute atomic E-state index is 0.421. The molecule has 2 N–H and O–H groups in total. The summed E-state index contributed by atoms with van der Waals surface area (Å²) in [6.07, 6.45) is 5.95. The van der Waals surface area contributed by atoms with E-state index in [-0.39, 0.29) is 0 Å². The van der Waals surface area contributed by atoms with Crippen LogP contribution in [0.3, 0.4) is 0 Å². The second-order valence-electron chi connectivity index (χ2n) is 4.98. The van der Waals surface area contributed by atoms with Crippen LogP contribution in [0.2, 0.25) is 0 Å². The molecule has 1 saturated heterocycles. The molecule has 20 heavy (non-hydrogen) atoms. The molecule has 2 heterocycles. The molecule has 0 amide bonds. The van der Waals surface area contributed by atoms with Gasteiger partial charge in [0.2, 0.25) is 0 Å². The Morgan fingerprint density at radius 1 is 1.35 bits per heavy atom. The molecule has 5 nitrogen and oxygen atoms in total. The Bertz CT molecular complexity index is 589. The minimum Gasteiger partial charge on any atom is -0.494 e. The third kappa shape index (κ3) is 2.36. The summed E-state index contributed by atoms with van der Waals surface area (Å²) in [5, 5.41) is 4.49. The van der Waals surface area contributed by atoms with Crippen LogP contribution in [0.5, 0.6) is 5.75 Å². The van der Waals surface area contributed by atoms with Crippen LogP contribution in [0.1, 0.15) is 18.9 Å². The predicted octanol–water partition coefficient (Wildman–Crippen LogP) is 2.49. The average molecular weight is 273 g/mol. The fourth-order valence-corrected chi connectivity index (χ4v) is 2.64. The first-order chi connectivity index (χ1) is 9.79. The minimum atomic E-state index is 0.421. The van der Waals surface area contributed by atoms with E-state index in [1.807, 2.05) is 29.1 Å². The molecule has 5 heteroatoms. The van der Waals surface area contributed by atoms with Crippen LogP contribution in [0.4, 0.5) is 5.69 Å². The number of aromatic nitrogens is 2. The lowest BCUT2D eigenvalue weighted by atomic mass is 10.1. The van der Waals surface area contributed by atoms with Crippen molar-refractivity contribution in [3.63, 3.8) is 0 Å². The standard InChI is InChI=1S/C15H19N3O2/c1-19-15-13(3-2-4-14(15)16)11-9-17-18(10-11)12-5-7-20-8-6-12/h2-4,9-10,12H,5-8,16H2,1H3. The quantitative estimate of drug-likeness (QED) is 0.873. The highest BCUT2D eigenvalue weighted by Crippen LogP contribution is 2.35. The van der Waals surface area contributed by atoms with E-state index in [1.165, 1.54) is 0 Å². The Morgan fingerprint density at radius 3 is 2.90 bits per heavy atom. The monoisotopic (exact) mass is 273 g/mol. The molecule has 0 unspecified atom stereocenters. The van der Waals surface area contributed by atoms with Gasteiger partial charge < -0.3 is 15.2 Å². The van der Waals surface area contributed by atoms with Crippen LogP contribution in [0, 0.1) is 0 Å². The molecule has 1 fully saturated rings. The van der Waals surface area contributed by atoms with E-state index < -0.39 is 0 Å². The summed E-state index contributed by atoms with van der Waals surface area (Å²) in [6, 6.07) is 6.19. The molecule has 1 aromatic carbocycles. The van der Waals surface area contributed by atoms with E-state index in [1.54, 1.807) is 7.11 Å². The van der Waals surface area contributed by atoms with Crippen molar-refractivity contribution < 1.29 is 9.47 Å². The Morgan fingerprint density at radius 2 is 2.15 bits per heavy atom. The van der Waals surface area contributed by atoms with Gasteiger partial charge in [-0.25, -0.2) is 0 Å². The van der Waals surface area contributed by atoms with E-state index >= 15 is 0 Å². The SMILES string of the molecule is COc1c(N)cccc1-c1cnn(C2CCOCC2)c1. The molecule has 0 radical (unpaired) electrons. The van der Waals surface area contributed by atoms with Crippen molar-refractivity contribution in [1.29, 1.82) is 0 Å². The third-order valence-corrected chi connectivity index (χ3v) is 3.73. The van der Waals surface area contributed by atoms with Crippen LogP contribution in [-0.2, 0) is 4.74 Å². The van der Waals surface area contributed by atoms with Crippen molar-refractivity contribution in [2.24, 2.45) is 0 Å². The first kappa shape index (κ1) is 13.0. The Kier molecular flexibility index (Phi) is 3.60. The van der Waals surface area contributed by atoms with Crippen LogP contribution in [0.25, 0.3) is 11.1 Å². The number of methoxy groups -OCH3 is 1. The molecule has 0 atom stereocenters. The summed E-state index contributed by atoms with van der Waals surface area (Å²) in [5.41, 5.74) is 8.60. The van der Waals surface area contributed by atoms with E-state index in [2.05, 4.69) is 11.3 Å². The topological polar surface area (TPSA) is 62.3 Å². The molecule has 0 aliphatic carbocycles. The van der Waals surface area contributed by atoms with Gasteiger partial charge in [-0.15, -0.1) is 0 Å². The summed E-state index contributed by atoms with van der Waals surface area (Å²) >= 11 is 0. The highest BCUT2D eigenvalue weighted by Gasteiger charge is 2.18. The molecule has 1 aliphatic rings. The lowest BCUT2D eigenvalue weighted by molar-refractivity contribution is 0.0662. The normalized spacial score (nSPS) is 16.2. The fourth-order valence-electron chi connectivity index (χ4n) is 2.64. The summed E-state index contributed by atoms with van der Waals surface area (Å²) in [7, 11) is 1.64. The van der Waals surface area contributed by atoms with Crippen molar-refractivity contribution in [2.45, 2.75) is 18.9 Å². The number of para-hydroxylation sites is 1. The van der Waals surface area contributed by atoms with Gasteiger partial charge in [0.15, 0.2) is 0 Å². The number of nitrogen functional groups attached to an aromatic ring is 1. The number of hydrogen-bond donors (Lipinski definition) is 1. The van der Waals surface area contributed by atoms with Gasteiger partial charge in [-0.1, -0.05) is 12.1 Å². The van der Waals surface area contributed by atoms with Crippen molar-refractivity contribution in [3.8, 4) is 16.9 Å². The highest BCUT2D eigenvalue weighted by molar-refractivity contribution is 5.76. The average Bonchev–Trinajstić information content (AvgIpc) is 2.97. The second kappa shape index (κ2) is 5.54. The van der Waals surface area contributed by atoms with Crippen molar-refractivity contribution in [1.82, 2.24) is 9.78 Å². The summed E-state index contributed by atoms with van der Waals surface area (Å²) in [6.45, 7) is 1.61. The Balaban J connectivity index is 1.92. The molecule has 0 saturated carbocycles. The Labute approximate surface area is 118 Å². The van der Waals surface area contributed by atoms with Gasteiger partial charge >= 0.3 is 0 Å². The zero-order chi connectivity index (χ0) is 13.9. The molecule has 0 bridgehead atoms. The van der Waals surface area contributed by atoms with Crippen molar-refractivity contribution in [2.75, 3.05) is 26.1 Å². The summed E-state index contributed by atoms with van der Waals surface area (Å²) < 4.78 is 12.8. The fraction of sp³-hybridized carbons (Fsp3) is 0.400. The van der Waals surface area contributed by atoms with E-state index in [4.69, 9.17) is 15.2 Å². The highest BCUT2D eigenvalue weighted by atomic mass is 16.5.